The molecular weight excluding hydrogens is 204 g/mol. The van der Waals surface area contributed by atoms with Crippen LogP contribution in [-0.2, 0) is 4.79 Å². The molecule has 0 saturated heterocycles. The van der Waals surface area contributed by atoms with Crippen LogP contribution in [0.25, 0.3) is 0 Å². The number of ketones is 1. The van der Waals surface area contributed by atoms with Crippen LogP contribution in [-0.4, -0.2) is 36.3 Å². The lowest BCUT2D eigenvalue weighted by molar-refractivity contribution is -0.114. The first kappa shape index (κ1) is 11.2. The van der Waals surface area contributed by atoms with Crippen molar-refractivity contribution < 1.29 is 9.90 Å². The SMILES string of the molecule is C[C@@H](CO)NCC1=CCC2=C1N=CCC2=O. The number of aliphatic hydroxyl groups excluding tert-OH is 1. The molecule has 2 rings (SSSR count). The summed E-state index contributed by atoms with van der Waals surface area (Å²) in [5.41, 5.74) is 2.75. The van der Waals surface area contributed by atoms with Crippen molar-refractivity contribution in [3.63, 3.8) is 0 Å². The van der Waals surface area contributed by atoms with Gasteiger partial charge in [-0.05, 0) is 18.9 Å². The highest BCUT2D eigenvalue weighted by molar-refractivity contribution is 6.07. The van der Waals surface area contributed by atoms with Gasteiger partial charge in [-0.2, -0.15) is 0 Å². The molecule has 0 spiro atoms. The molecule has 0 amide bonds. The predicted molar refractivity (Wildman–Crippen MR) is 62.4 cm³/mol. The largest absolute Gasteiger partial charge is 0.395 e. The molecule has 0 unspecified atom stereocenters. The first-order valence-electron chi connectivity index (χ1n) is 5.55. The van der Waals surface area contributed by atoms with Gasteiger partial charge in [0, 0.05) is 30.8 Å². The second-order valence-electron chi connectivity index (χ2n) is 4.16. The number of carbonyl (C=O) groups excluding carboxylic acids is 1. The number of carbonyl (C=O) groups is 1. The maximum atomic E-state index is 11.6. The van der Waals surface area contributed by atoms with Crippen molar-refractivity contribution in [3.8, 4) is 0 Å². The smallest absolute Gasteiger partial charge is 0.166 e. The minimum atomic E-state index is 0.0637. The van der Waals surface area contributed by atoms with Crippen LogP contribution >= 0.6 is 0 Å². The van der Waals surface area contributed by atoms with E-state index in [0.29, 0.717) is 19.4 Å². The van der Waals surface area contributed by atoms with Gasteiger partial charge in [-0.25, -0.2) is 0 Å². The molecule has 4 heteroatoms. The van der Waals surface area contributed by atoms with E-state index in [0.717, 1.165) is 16.8 Å². The first-order chi connectivity index (χ1) is 7.72. The number of nitrogens with one attached hydrogen (secondary N) is 1. The highest BCUT2D eigenvalue weighted by atomic mass is 16.3. The van der Waals surface area contributed by atoms with Gasteiger partial charge in [0.1, 0.15) is 0 Å². The van der Waals surface area contributed by atoms with Gasteiger partial charge in [0.15, 0.2) is 5.78 Å². The Morgan fingerprint density at radius 2 is 2.38 bits per heavy atom. The molecule has 0 aromatic carbocycles. The van der Waals surface area contributed by atoms with E-state index in [1.165, 1.54) is 0 Å². The third kappa shape index (κ3) is 2.13. The van der Waals surface area contributed by atoms with Crippen molar-refractivity contribution in [3.05, 3.63) is 22.9 Å². The van der Waals surface area contributed by atoms with Crippen LogP contribution in [0.3, 0.4) is 0 Å². The van der Waals surface area contributed by atoms with E-state index in [9.17, 15) is 4.79 Å². The maximum absolute atomic E-state index is 11.6. The molecule has 1 atom stereocenters. The van der Waals surface area contributed by atoms with E-state index in [2.05, 4.69) is 10.3 Å². The quantitative estimate of drug-likeness (QED) is 0.728. The third-order valence-corrected chi connectivity index (χ3v) is 2.89. The summed E-state index contributed by atoms with van der Waals surface area (Å²) < 4.78 is 0. The summed E-state index contributed by atoms with van der Waals surface area (Å²) in [7, 11) is 0. The lowest BCUT2D eigenvalue weighted by Crippen LogP contribution is -2.31. The number of hydrogen-bond acceptors (Lipinski definition) is 4. The number of aliphatic hydroxyl groups is 1. The molecule has 0 aromatic rings. The predicted octanol–water partition coefficient (Wildman–Crippen LogP) is 0.585. The highest BCUT2D eigenvalue weighted by Gasteiger charge is 2.24. The Morgan fingerprint density at radius 3 is 3.12 bits per heavy atom. The fourth-order valence-corrected chi connectivity index (χ4v) is 1.87. The summed E-state index contributed by atoms with van der Waals surface area (Å²) in [6, 6.07) is 0.0637. The third-order valence-electron chi connectivity index (χ3n) is 2.89. The number of Topliss-reactive ketones (excluding diaryl/α,β-unsaturated/α-hetero) is 1. The van der Waals surface area contributed by atoms with E-state index >= 15 is 0 Å². The molecule has 0 aromatic heterocycles. The normalized spacial score (nSPS) is 21.1. The number of nitrogens with zero attached hydrogens (tertiary/aromatic N) is 1. The molecule has 0 saturated carbocycles. The molecule has 86 valence electrons. The highest BCUT2D eigenvalue weighted by Crippen LogP contribution is 2.30. The second kappa shape index (κ2) is 4.72. The Balaban J connectivity index is 2.03. The molecule has 2 N–H and O–H groups in total. The van der Waals surface area contributed by atoms with E-state index in [1.807, 2.05) is 13.0 Å². The topological polar surface area (TPSA) is 61.7 Å². The fourth-order valence-electron chi connectivity index (χ4n) is 1.87. The van der Waals surface area contributed by atoms with E-state index in [4.69, 9.17) is 5.11 Å². The Hall–Kier alpha value is -1.26. The van der Waals surface area contributed by atoms with Gasteiger partial charge in [-0.15, -0.1) is 0 Å². The Morgan fingerprint density at radius 1 is 1.56 bits per heavy atom. The number of hydrogen-bond donors (Lipinski definition) is 2. The second-order valence-corrected chi connectivity index (χ2v) is 4.16. The van der Waals surface area contributed by atoms with Crippen LogP contribution in [0, 0.1) is 0 Å². The van der Waals surface area contributed by atoms with Crippen molar-refractivity contribution in [1.82, 2.24) is 5.32 Å². The average molecular weight is 220 g/mol. The fraction of sp³-hybridized carbons (Fsp3) is 0.500. The van der Waals surface area contributed by atoms with Crippen molar-refractivity contribution in [1.29, 1.82) is 0 Å². The van der Waals surface area contributed by atoms with Gasteiger partial charge in [-0.3, -0.25) is 9.79 Å². The van der Waals surface area contributed by atoms with Crippen molar-refractivity contribution in [2.24, 2.45) is 4.99 Å². The molecule has 16 heavy (non-hydrogen) atoms. The van der Waals surface area contributed by atoms with Gasteiger partial charge < -0.3 is 10.4 Å². The number of aliphatic imine (C=N–C) groups is 1. The number of rotatable bonds is 4. The van der Waals surface area contributed by atoms with E-state index < -0.39 is 0 Å². The van der Waals surface area contributed by atoms with E-state index in [-0.39, 0.29) is 18.4 Å². The summed E-state index contributed by atoms with van der Waals surface area (Å²) >= 11 is 0. The Kier molecular flexibility index (Phi) is 3.31. The van der Waals surface area contributed by atoms with Crippen LogP contribution in [0.4, 0.5) is 0 Å². The molecular formula is C12H16N2O2. The molecule has 1 heterocycles. The zero-order chi connectivity index (χ0) is 11.5. The summed E-state index contributed by atoms with van der Waals surface area (Å²) in [5, 5.41) is 12.1. The molecule has 0 fully saturated rings. The van der Waals surface area contributed by atoms with Crippen LogP contribution < -0.4 is 5.32 Å². The number of allylic oxidation sites excluding steroid dienone is 2. The average Bonchev–Trinajstić information content (AvgIpc) is 2.70. The van der Waals surface area contributed by atoms with Gasteiger partial charge >= 0.3 is 0 Å². The minimum absolute atomic E-state index is 0.0637. The van der Waals surface area contributed by atoms with Gasteiger partial charge in [0.25, 0.3) is 0 Å². The molecule has 1 aliphatic heterocycles. The first-order valence-corrected chi connectivity index (χ1v) is 5.55. The van der Waals surface area contributed by atoms with Gasteiger partial charge in [-0.1, -0.05) is 6.08 Å². The maximum Gasteiger partial charge on any atom is 0.166 e. The van der Waals surface area contributed by atoms with Gasteiger partial charge in [0.05, 0.1) is 12.3 Å². The van der Waals surface area contributed by atoms with Crippen LogP contribution in [0.5, 0.6) is 0 Å². The van der Waals surface area contributed by atoms with Crippen molar-refractivity contribution >= 4 is 12.0 Å². The van der Waals surface area contributed by atoms with E-state index in [1.54, 1.807) is 6.21 Å². The Bertz CT molecular complexity index is 394. The molecule has 4 nitrogen and oxygen atoms in total. The standard InChI is InChI=1S/C12H16N2O2/c1-8(7-15)14-6-9-2-3-10-11(16)4-5-13-12(9)10/h2,5,8,14-15H,3-4,6-7H2,1H3/t8-/m0/s1. The van der Waals surface area contributed by atoms with Crippen molar-refractivity contribution in [2.75, 3.05) is 13.2 Å². The lowest BCUT2D eigenvalue weighted by atomic mass is 10.0. The summed E-state index contributed by atoms with van der Waals surface area (Å²) in [6.45, 7) is 2.69. The lowest BCUT2D eigenvalue weighted by Gasteiger charge is -2.13. The summed E-state index contributed by atoms with van der Waals surface area (Å²) in [5.74, 6) is 0.187. The molecule has 2 aliphatic rings. The monoisotopic (exact) mass is 220 g/mol. The zero-order valence-corrected chi connectivity index (χ0v) is 9.36. The minimum Gasteiger partial charge on any atom is -0.395 e. The van der Waals surface area contributed by atoms with Crippen molar-refractivity contribution in [2.45, 2.75) is 25.8 Å². The summed E-state index contributed by atoms with van der Waals surface area (Å²) in [6.07, 6.45) is 4.86. The summed E-state index contributed by atoms with van der Waals surface area (Å²) in [4.78, 5) is 15.9. The molecule has 1 aliphatic carbocycles. The zero-order valence-electron chi connectivity index (χ0n) is 9.36. The van der Waals surface area contributed by atoms with Crippen LogP contribution in [0.15, 0.2) is 27.9 Å². The van der Waals surface area contributed by atoms with Gasteiger partial charge in [0.2, 0.25) is 0 Å². The van der Waals surface area contributed by atoms with Crippen LogP contribution in [0.1, 0.15) is 19.8 Å². The molecule has 0 radical (unpaired) electrons. The molecule has 0 bridgehead atoms. The Labute approximate surface area is 94.8 Å². The van der Waals surface area contributed by atoms with Crippen LogP contribution in [0.2, 0.25) is 0 Å².